The number of carbonyl (C=O) groups is 1. The van der Waals surface area contributed by atoms with Gasteiger partial charge >= 0.3 is 5.97 Å². The molecule has 18 heavy (non-hydrogen) atoms. The van der Waals surface area contributed by atoms with Crippen LogP contribution in [0.3, 0.4) is 0 Å². The van der Waals surface area contributed by atoms with Crippen LogP contribution in [0.4, 0.5) is 0 Å². The number of ether oxygens (including phenoxy) is 1. The normalized spacial score (nSPS) is 12.1. The summed E-state index contributed by atoms with van der Waals surface area (Å²) < 4.78 is 4.53. The Balaban J connectivity index is 3.21. The summed E-state index contributed by atoms with van der Waals surface area (Å²) in [6.45, 7) is -0.362. The molecule has 0 saturated carbocycles. The molecule has 0 spiro atoms. The third kappa shape index (κ3) is 11.3. The van der Waals surface area contributed by atoms with Gasteiger partial charge in [-0.3, -0.25) is 14.9 Å². The highest BCUT2D eigenvalue weighted by molar-refractivity contribution is 5.68. The number of carbonyl (C=O) groups excluding carboxylic acids is 1. The predicted molar refractivity (Wildman–Crippen MR) is 66.8 cm³/mol. The first-order valence-electron chi connectivity index (χ1n) is 6.43. The number of esters is 1. The van der Waals surface area contributed by atoms with Gasteiger partial charge in [-0.2, -0.15) is 0 Å². The Morgan fingerprint density at radius 2 is 1.78 bits per heavy atom. The van der Waals surface area contributed by atoms with E-state index < -0.39 is 11.0 Å². The molecule has 0 fully saturated rings. The summed E-state index contributed by atoms with van der Waals surface area (Å²) in [5.41, 5.74) is 0. The Labute approximate surface area is 107 Å². The van der Waals surface area contributed by atoms with Crippen LogP contribution in [0, 0.1) is 10.1 Å². The molecule has 0 radical (unpaired) electrons. The topological polar surface area (TPSA) is 89.7 Å². The molecule has 1 atom stereocenters. The lowest BCUT2D eigenvalue weighted by molar-refractivity contribution is -0.490. The summed E-state index contributed by atoms with van der Waals surface area (Å²) in [5, 5.41) is 19.4. The lowest BCUT2D eigenvalue weighted by Gasteiger charge is -2.05. The zero-order valence-electron chi connectivity index (χ0n) is 11.0. The highest BCUT2D eigenvalue weighted by Crippen LogP contribution is 2.10. The van der Waals surface area contributed by atoms with Gasteiger partial charge in [-0.15, -0.1) is 0 Å². The van der Waals surface area contributed by atoms with Crippen LogP contribution in [0.15, 0.2) is 0 Å². The molecule has 0 aliphatic rings. The quantitative estimate of drug-likeness (QED) is 0.265. The number of aliphatic hydroxyl groups excluding tert-OH is 1. The molecule has 0 aliphatic heterocycles. The van der Waals surface area contributed by atoms with Crippen molar-refractivity contribution in [2.24, 2.45) is 0 Å². The molecule has 0 rings (SSSR count). The van der Waals surface area contributed by atoms with Crippen molar-refractivity contribution in [3.8, 4) is 0 Å². The largest absolute Gasteiger partial charge is 0.469 e. The van der Waals surface area contributed by atoms with E-state index >= 15 is 0 Å². The number of methoxy groups -OCH3 is 1. The average molecular weight is 261 g/mol. The van der Waals surface area contributed by atoms with Gasteiger partial charge in [0.15, 0.2) is 0 Å². The van der Waals surface area contributed by atoms with E-state index in [9.17, 15) is 20.0 Å². The van der Waals surface area contributed by atoms with E-state index in [2.05, 4.69) is 4.74 Å². The summed E-state index contributed by atoms with van der Waals surface area (Å²) >= 11 is 0. The van der Waals surface area contributed by atoms with E-state index in [1.807, 2.05) is 0 Å². The second-order valence-corrected chi connectivity index (χ2v) is 4.41. The van der Waals surface area contributed by atoms with Crippen molar-refractivity contribution in [2.75, 3.05) is 13.7 Å². The second-order valence-electron chi connectivity index (χ2n) is 4.41. The van der Waals surface area contributed by atoms with Crippen LogP contribution < -0.4 is 0 Å². The monoisotopic (exact) mass is 261 g/mol. The van der Waals surface area contributed by atoms with Gasteiger partial charge in [-0.25, -0.2) is 0 Å². The Morgan fingerprint density at radius 1 is 1.22 bits per heavy atom. The Hall–Kier alpha value is -1.17. The maximum absolute atomic E-state index is 10.8. The minimum atomic E-state index is -0.820. The zero-order valence-corrected chi connectivity index (χ0v) is 11.0. The zero-order chi connectivity index (χ0) is 13.8. The van der Waals surface area contributed by atoms with E-state index in [4.69, 9.17) is 0 Å². The Kier molecular flexibility index (Phi) is 10.2. The highest BCUT2D eigenvalue weighted by Gasteiger charge is 2.10. The van der Waals surface area contributed by atoms with Gasteiger partial charge in [0.25, 0.3) is 0 Å². The van der Waals surface area contributed by atoms with Crippen LogP contribution in [0.1, 0.15) is 51.4 Å². The number of hydrogen-bond acceptors (Lipinski definition) is 5. The lowest BCUT2D eigenvalue weighted by atomic mass is 10.1. The fraction of sp³-hybridized carbons (Fsp3) is 0.917. The van der Waals surface area contributed by atoms with E-state index in [1.165, 1.54) is 7.11 Å². The number of rotatable bonds is 11. The van der Waals surface area contributed by atoms with Crippen molar-refractivity contribution in [1.29, 1.82) is 0 Å². The SMILES string of the molecule is COC(=O)CCCCCCCCC(O)C[N+](=O)[O-]. The molecule has 0 aromatic carbocycles. The number of nitrogens with zero attached hydrogens (tertiary/aromatic N) is 1. The van der Waals surface area contributed by atoms with Gasteiger partial charge in [-0.1, -0.05) is 32.1 Å². The molecule has 0 heterocycles. The highest BCUT2D eigenvalue weighted by atomic mass is 16.6. The minimum Gasteiger partial charge on any atom is -0.469 e. The summed E-state index contributed by atoms with van der Waals surface area (Å²) in [6.07, 6.45) is 5.83. The Morgan fingerprint density at radius 3 is 2.33 bits per heavy atom. The molecular formula is C12H23NO5. The van der Waals surface area contributed by atoms with Crippen LogP contribution in [0.25, 0.3) is 0 Å². The van der Waals surface area contributed by atoms with E-state index in [-0.39, 0.29) is 12.5 Å². The molecule has 0 aromatic rings. The van der Waals surface area contributed by atoms with Crippen molar-refractivity contribution < 1.29 is 19.6 Å². The van der Waals surface area contributed by atoms with E-state index in [1.54, 1.807) is 0 Å². The van der Waals surface area contributed by atoms with Crippen LogP contribution in [0.2, 0.25) is 0 Å². The smallest absolute Gasteiger partial charge is 0.305 e. The first-order valence-corrected chi connectivity index (χ1v) is 6.43. The maximum Gasteiger partial charge on any atom is 0.305 e. The van der Waals surface area contributed by atoms with Gasteiger partial charge in [0.05, 0.1) is 7.11 Å². The first-order chi connectivity index (χ1) is 8.56. The lowest BCUT2D eigenvalue weighted by Crippen LogP contribution is -2.18. The van der Waals surface area contributed by atoms with Crippen molar-refractivity contribution >= 4 is 5.97 Å². The van der Waals surface area contributed by atoms with Gasteiger partial charge in [0.1, 0.15) is 6.10 Å². The van der Waals surface area contributed by atoms with Crippen molar-refractivity contribution in [3.05, 3.63) is 10.1 Å². The molecule has 0 aliphatic carbocycles. The van der Waals surface area contributed by atoms with Gasteiger partial charge in [-0.05, 0) is 12.8 Å². The molecule has 0 aromatic heterocycles. The standard InChI is InChI=1S/C12H23NO5/c1-18-12(15)9-7-5-3-2-4-6-8-11(14)10-13(16)17/h11,14H,2-10H2,1H3. The van der Waals surface area contributed by atoms with Crippen molar-refractivity contribution in [1.82, 2.24) is 0 Å². The summed E-state index contributed by atoms with van der Waals surface area (Å²) in [6, 6.07) is 0. The molecule has 6 heteroatoms. The number of nitro groups is 1. The van der Waals surface area contributed by atoms with Crippen molar-refractivity contribution in [3.63, 3.8) is 0 Å². The minimum absolute atomic E-state index is 0.169. The van der Waals surface area contributed by atoms with E-state index in [0.717, 1.165) is 38.5 Å². The molecule has 0 bridgehead atoms. The molecular weight excluding hydrogens is 238 g/mol. The Bertz CT molecular complexity index is 245. The summed E-state index contributed by atoms with van der Waals surface area (Å²) in [7, 11) is 1.39. The number of hydrogen-bond donors (Lipinski definition) is 1. The molecule has 0 amide bonds. The predicted octanol–water partition coefficient (Wildman–Crippen LogP) is 1.92. The van der Waals surface area contributed by atoms with E-state index in [0.29, 0.717) is 12.8 Å². The molecule has 1 N–H and O–H groups in total. The first kappa shape index (κ1) is 16.8. The molecule has 0 saturated heterocycles. The number of unbranched alkanes of at least 4 members (excludes halogenated alkanes) is 5. The van der Waals surface area contributed by atoms with Crippen LogP contribution in [0.5, 0.6) is 0 Å². The maximum atomic E-state index is 10.8. The van der Waals surface area contributed by atoms with Crippen molar-refractivity contribution in [2.45, 2.75) is 57.5 Å². The van der Waals surface area contributed by atoms with Crippen LogP contribution in [-0.2, 0) is 9.53 Å². The average Bonchev–Trinajstić information content (AvgIpc) is 2.31. The van der Waals surface area contributed by atoms with Gasteiger partial charge in [0.2, 0.25) is 6.54 Å². The summed E-state index contributed by atoms with van der Waals surface area (Å²) in [4.78, 5) is 20.4. The molecule has 106 valence electrons. The fourth-order valence-corrected chi connectivity index (χ4v) is 1.72. The molecule has 1 unspecified atom stereocenters. The second kappa shape index (κ2) is 11.0. The fourth-order valence-electron chi connectivity index (χ4n) is 1.72. The molecule has 6 nitrogen and oxygen atoms in total. The van der Waals surface area contributed by atoms with Gasteiger partial charge < -0.3 is 9.84 Å². The van der Waals surface area contributed by atoms with Gasteiger partial charge in [0, 0.05) is 11.3 Å². The summed E-state index contributed by atoms with van der Waals surface area (Å²) in [5.74, 6) is -0.169. The number of aliphatic hydroxyl groups is 1. The third-order valence-corrected chi connectivity index (χ3v) is 2.76. The van der Waals surface area contributed by atoms with Crippen LogP contribution in [-0.4, -0.2) is 35.8 Å². The third-order valence-electron chi connectivity index (χ3n) is 2.76. The van der Waals surface area contributed by atoms with Crippen LogP contribution >= 0.6 is 0 Å².